The van der Waals surface area contributed by atoms with Crippen LogP contribution in [0.2, 0.25) is 0 Å². The first-order valence-corrected chi connectivity index (χ1v) is 10.8. The van der Waals surface area contributed by atoms with Crippen LogP contribution in [0.4, 0.5) is 0 Å². The summed E-state index contributed by atoms with van der Waals surface area (Å²) < 4.78 is 9.99. The number of carbonyl (C=O) groups is 2. The van der Waals surface area contributed by atoms with E-state index in [2.05, 4.69) is 38.3 Å². The first kappa shape index (κ1) is 25.1. The molecule has 1 fully saturated rings. The van der Waals surface area contributed by atoms with Gasteiger partial charge in [0.25, 0.3) is 0 Å². The van der Waals surface area contributed by atoms with Gasteiger partial charge in [-0.15, -0.1) is 0 Å². The van der Waals surface area contributed by atoms with Crippen LogP contribution in [0.3, 0.4) is 0 Å². The predicted molar refractivity (Wildman–Crippen MR) is 116 cm³/mol. The van der Waals surface area contributed by atoms with Gasteiger partial charge in [-0.1, -0.05) is 34.1 Å². The van der Waals surface area contributed by atoms with Gasteiger partial charge in [0.2, 0.25) is 0 Å². The minimum Gasteiger partial charge on any atom is -0.463 e. The highest BCUT2D eigenvalue weighted by Crippen LogP contribution is 2.45. The van der Waals surface area contributed by atoms with Gasteiger partial charge in [-0.2, -0.15) is 0 Å². The second-order valence-corrected chi connectivity index (χ2v) is 9.03. The maximum atomic E-state index is 11.8. The lowest BCUT2D eigenvalue weighted by molar-refractivity contribution is -0.138. The average Bonchev–Trinajstić information content (AvgIpc) is 2.59. The molecular weight excluding hydrogens is 368 g/mol. The van der Waals surface area contributed by atoms with E-state index in [1.807, 2.05) is 6.92 Å². The fourth-order valence-electron chi connectivity index (χ4n) is 4.46. The summed E-state index contributed by atoms with van der Waals surface area (Å²) in [4.78, 5) is 23.4. The Bertz CT molecular complexity index is 598. The molecule has 0 aliphatic heterocycles. The number of esters is 2. The number of ether oxygens (including phenoxy) is 2. The van der Waals surface area contributed by atoms with E-state index in [4.69, 9.17) is 9.47 Å². The van der Waals surface area contributed by atoms with Crippen LogP contribution in [0.1, 0.15) is 73.6 Å². The van der Waals surface area contributed by atoms with E-state index in [1.165, 1.54) is 6.08 Å². The van der Waals surface area contributed by atoms with Crippen molar-refractivity contribution in [1.82, 2.24) is 10.6 Å². The highest BCUT2D eigenvalue weighted by atomic mass is 16.5. The van der Waals surface area contributed by atoms with Crippen LogP contribution in [0, 0.1) is 10.8 Å². The molecule has 0 bridgehead atoms. The Balaban J connectivity index is 2.76. The first-order valence-electron chi connectivity index (χ1n) is 10.8. The van der Waals surface area contributed by atoms with Crippen molar-refractivity contribution in [3.63, 3.8) is 0 Å². The fraction of sp³-hybridized carbons (Fsp3) is 0.739. The Labute approximate surface area is 176 Å². The van der Waals surface area contributed by atoms with Crippen molar-refractivity contribution >= 4 is 11.9 Å². The number of rotatable bonds is 11. The molecule has 0 aromatic rings. The van der Waals surface area contributed by atoms with Crippen LogP contribution < -0.4 is 10.6 Å². The van der Waals surface area contributed by atoms with Crippen molar-refractivity contribution in [2.75, 3.05) is 19.8 Å². The minimum absolute atomic E-state index is 0.0681. The number of nitrogens with one attached hydrogen (secondary N) is 2. The molecule has 29 heavy (non-hydrogen) atoms. The molecule has 1 rings (SSSR count). The molecule has 2 atom stereocenters. The summed E-state index contributed by atoms with van der Waals surface area (Å²) in [6, 6.07) is 0.278. The molecule has 0 radical (unpaired) electrons. The third-order valence-electron chi connectivity index (χ3n) is 5.12. The first-order chi connectivity index (χ1) is 13.6. The van der Waals surface area contributed by atoms with Crippen molar-refractivity contribution in [3.05, 3.63) is 24.0 Å². The molecule has 0 aromatic carbocycles. The molecule has 0 heterocycles. The van der Waals surface area contributed by atoms with E-state index in [0.29, 0.717) is 13.2 Å². The quantitative estimate of drug-likeness (QED) is 0.396. The Kier molecular flexibility index (Phi) is 10.3. The number of allylic oxidation sites excluding steroid dienone is 1. The molecule has 1 aliphatic rings. The standard InChI is InChI=1S/C23H40N2O4/c1-7-10-18(13-21(27)29-9-3)25-17-23(6)15-19(14-22(4,5)16-23)24-12-11-20(26)28-8-2/h11-13,19,24-25H,7-10,14-17H2,1-6H3/b12-11+,18-13-. The van der Waals surface area contributed by atoms with Crippen molar-refractivity contribution < 1.29 is 19.1 Å². The monoisotopic (exact) mass is 408 g/mol. The Morgan fingerprint density at radius 1 is 1.03 bits per heavy atom. The molecule has 0 saturated heterocycles. The van der Waals surface area contributed by atoms with Crippen LogP contribution in [-0.4, -0.2) is 37.7 Å². The summed E-state index contributed by atoms with van der Waals surface area (Å²) in [7, 11) is 0. The topological polar surface area (TPSA) is 76.7 Å². The van der Waals surface area contributed by atoms with E-state index < -0.39 is 0 Å². The zero-order valence-corrected chi connectivity index (χ0v) is 19.1. The van der Waals surface area contributed by atoms with Gasteiger partial charge >= 0.3 is 11.9 Å². The second-order valence-electron chi connectivity index (χ2n) is 9.03. The van der Waals surface area contributed by atoms with Gasteiger partial charge < -0.3 is 20.1 Å². The maximum absolute atomic E-state index is 11.8. The molecule has 6 heteroatoms. The molecule has 0 aromatic heterocycles. The van der Waals surface area contributed by atoms with Gasteiger partial charge in [-0.3, -0.25) is 0 Å². The Morgan fingerprint density at radius 3 is 2.31 bits per heavy atom. The zero-order valence-electron chi connectivity index (χ0n) is 19.1. The predicted octanol–water partition coefficient (Wildman–Crippen LogP) is 4.07. The fourth-order valence-corrected chi connectivity index (χ4v) is 4.46. The molecule has 2 unspecified atom stereocenters. The van der Waals surface area contributed by atoms with Crippen LogP contribution >= 0.6 is 0 Å². The minimum atomic E-state index is -0.326. The van der Waals surface area contributed by atoms with Gasteiger partial charge in [-0.05, 0) is 50.4 Å². The third-order valence-corrected chi connectivity index (χ3v) is 5.12. The Hall–Kier alpha value is -1.98. The summed E-state index contributed by atoms with van der Waals surface area (Å²) in [5.41, 5.74) is 1.18. The highest BCUT2D eigenvalue weighted by molar-refractivity contribution is 5.82. The lowest BCUT2D eigenvalue weighted by atomic mass is 9.62. The maximum Gasteiger partial charge on any atom is 0.332 e. The lowest BCUT2D eigenvalue weighted by Gasteiger charge is -2.47. The second kappa shape index (κ2) is 11.9. The molecule has 2 N–H and O–H groups in total. The van der Waals surface area contributed by atoms with E-state index in [0.717, 1.165) is 44.3 Å². The number of hydrogen-bond donors (Lipinski definition) is 2. The van der Waals surface area contributed by atoms with Crippen LogP contribution in [0.15, 0.2) is 24.0 Å². The van der Waals surface area contributed by atoms with Crippen LogP contribution in [-0.2, 0) is 19.1 Å². The Morgan fingerprint density at radius 2 is 1.69 bits per heavy atom. The molecule has 0 amide bonds. The van der Waals surface area contributed by atoms with Crippen LogP contribution in [0.25, 0.3) is 0 Å². The molecule has 166 valence electrons. The van der Waals surface area contributed by atoms with Gasteiger partial charge in [0, 0.05) is 36.6 Å². The SMILES string of the molecule is CCC/C(=C/C(=O)OCC)NCC1(C)CC(N/C=C/C(=O)OCC)CC(C)(C)C1. The van der Waals surface area contributed by atoms with Crippen molar-refractivity contribution in [1.29, 1.82) is 0 Å². The summed E-state index contributed by atoms with van der Waals surface area (Å²) in [5, 5.41) is 6.90. The normalized spacial score (nSPS) is 24.2. The van der Waals surface area contributed by atoms with E-state index in [-0.39, 0.29) is 28.8 Å². The molecule has 0 spiro atoms. The lowest BCUT2D eigenvalue weighted by Crippen LogP contribution is -2.47. The van der Waals surface area contributed by atoms with Crippen molar-refractivity contribution in [2.24, 2.45) is 10.8 Å². The van der Waals surface area contributed by atoms with Gasteiger partial charge in [0.1, 0.15) is 0 Å². The third kappa shape index (κ3) is 9.86. The molecular formula is C23H40N2O4. The molecule has 6 nitrogen and oxygen atoms in total. The van der Waals surface area contributed by atoms with Gasteiger partial charge in [0.05, 0.1) is 13.2 Å². The van der Waals surface area contributed by atoms with E-state index in [9.17, 15) is 9.59 Å². The van der Waals surface area contributed by atoms with Crippen molar-refractivity contribution in [3.8, 4) is 0 Å². The number of hydrogen-bond acceptors (Lipinski definition) is 6. The average molecular weight is 409 g/mol. The molecule has 1 saturated carbocycles. The number of carbonyl (C=O) groups excluding carboxylic acids is 2. The summed E-state index contributed by atoms with van der Waals surface area (Å²) in [6.45, 7) is 14.1. The van der Waals surface area contributed by atoms with Gasteiger partial charge in [0.15, 0.2) is 0 Å². The molecule has 1 aliphatic carbocycles. The van der Waals surface area contributed by atoms with E-state index in [1.54, 1.807) is 19.2 Å². The largest absolute Gasteiger partial charge is 0.463 e. The van der Waals surface area contributed by atoms with E-state index >= 15 is 0 Å². The zero-order chi connectivity index (χ0) is 21.9. The van der Waals surface area contributed by atoms with Gasteiger partial charge in [-0.25, -0.2) is 9.59 Å². The van der Waals surface area contributed by atoms with Crippen LogP contribution in [0.5, 0.6) is 0 Å². The summed E-state index contributed by atoms with van der Waals surface area (Å²) >= 11 is 0. The summed E-state index contributed by atoms with van der Waals surface area (Å²) in [5.74, 6) is -0.617. The van der Waals surface area contributed by atoms with Crippen molar-refractivity contribution in [2.45, 2.75) is 79.7 Å². The highest BCUT2D eigenvalue weighted by Gasteiger charge is 2.40. The summed E-state index contributed by atoms with van der Waals surface area (Å²) in [6.07, 6.45) is 9.63. The smallest absolute Gasteiger partial charge is 0.332 e.